The maximum absolute atomic E-state index is 13.1. The van der Waals surface area contributed by atoms with Crippen LogP contribution in [0.25, 0.3) is 11.1 Å². The number of aliphatic hydroxyl groups excluding tert-OH is 1. The number of halogens is 3. The van der Waals surface area contributed by atoms with Crippen LogP contribution in [0.5, 0.6) is 0 Å². The lowest BCUT2D eigenvalue weighted by atomic mass is 9.83. The summed E-state index contributed by atoms with van der Waals surface area (Å²) < 4.78 is 40.1. The molecule has 3 heterocycles. The summed E-state index contributed by atoms with van der Waals surface area (Å²) in [5.74, 6) is 0.599. The largest absolute Gasteiger partial charge is 0.416 e. The van der Waals surface area contributed by atoms with E-state index in [0.717, 1.165) is 37.3 Å². The Labute approximate surface area is 148 Å². The Hall–Kier alpha value is -2.12. The Balaban J connectivity index is 1.84. The van der Waals surface area contributed by atoms with E-state index in [1.807, 2.05) is 6.07 Å². The highest BCUT2D eigenvalue weighted by molar-refractivity contribution is 5.67. The molecule has 2 aromatic rings. The molecule has 2 aliphatic rings. The number of alkyl halides is 3. The van der Waals surface area contributed by atoms with Crippen molar-refractivity contribution in [3.05, 3.63) is 57.5 Å². The Bertz CT molecular complexity index is 887. The van der Waals surface area contributed by atoms with Gasteiger partial charge in [-0.1, -0.05) is 12.1 Å². The van der Waals surface area contributed by atoms with E-state index in [9.17, 15) is 23.1 Å². The zero-order valence-electron chi connectivity index (χ0n) is 14.0. The Morgan fingerprint density at radius 2 is 1.92 bits per heavy atom. The van der Waals surface area contributed by atoms with Gasteiger partial charge in [0, 0.05) is 24.7 Å². The number of hydrogen-bond acceptors (Lipinski definition) is 3. The van der Waals surface area contributed by atoms with Gasteiger partial charge >= 0.3 is 6.18 Å². The summed E-state index contributed by atoms with van der Waals surface area (Å²) in [4.78, 5) is 13.1. The molecular weight excluding hydrogens is 345 g/mol. The smallest absolute Gasteiger partial charge is 0.392 e. The van der Waals surface area contributed by atoms with Crippen molar-refractivity contribution in [2.75, 3.05) is 13.1 Å². The van der Waals surface area contributed by atoms with E-state index in [1.165, 1.54) is 12.1 Å². The quantitative estimate of drug-likeness (QED) is 0.862. The van der Waals surface area contributed by atoms with E-state index in [2.05, 4.69) is 5.32 Å². The van der Waals surface area contributed by atoms with Gasteiger partial charge in [-0.3, -0.25) is 4.79 Å². The van der Waals surface area contributed by atoms with Crippen LogP contribution in [0.1, 0.15) is 29.2 Å². The highest BCUT2D eigenvalue weighted by Gasteiger charge is 2.33. The number of piperidine rings is 1. The van der Waals surface area contributed by atoms with Crippen LogP contribution in [-0.2, 0) is 19.3 Å². The zero-order valence-corrected chi connectivity index (χ0v) is 14.0. The van der Waals surface area contributed by atoms with Gasteiger partial charge in [0.2, 0.25) is 0 Å². The average Bonchev–Trinajstić information content (AvgIpc) is 2.62. The van der Waals surface area contributed by atoms with Crippen molar-refractivity contribution in [1.29, 1.82) is 0 Å². The molecule has 2 atom stereocenters. The summed E-state index contributed by atoms with van der Waals surface area (Å²) in [5, 5.41) is 13.1. The Morgan fingerprint density at radius 3 is 2.58 bits per heavy atom. The molecule has 1 aromatic heterocycles. The van der Waals surface area contributed by atoms with Crippen molar-refractivity contribution in [2.45, 2.75) is 31.7 Å². The van der Waals surface area contributed by atoms with Crippen molar-refractivity contribution in [1.82, 2.24) is 9.88 Å². The number of benzene rings is 1. The van der Waals surface area contributed by atoms with Crippen LogP contribution in [-0.4, -0.2) is 22.8 Å². The number of aliphatic hydroxyl groups is 1. The van der Waals surface area contributed by atoms with Crippen molar-refractivity contribution < 1.29 is 18.3 Å². The van der Waals surface area contributed by atoms with Crippen LogP contribution in [0.4, 0.5) is 13.2 Å². The average molecular weight is 364 g/mol. The second-order valence-electron chi connectivity index (χ2n) is 7.08. The molecule has 138 valence electrons. The molecule has 4 nitrogen and oxygen atoms in total. The molecule has 0 radical (unpaired) electrons. The number of nitrogens with one attached hydrogen (secondary N) is 1. The molecule has 1 fully saturated rings. The van der Waals surface area contributed by atoms with E-state index in [-0.39, 0.29) is 23.6 Å². The second kappa shape index (κ2) is 6.25. The van der Waals surface area contributed by atoms with Crippen LogP contribution in [0.15, 0.2) is 35.1 Å². The lowest BCUT2D eigenvalue weighted by Crippen LogP contribution is -2.45. The topological polar surface area (TPSA) is 54.3 Å². The van der Waals surface area contributed by atoms with Crippen molar-refractivity contribution in [3.8, 4) is 11.1 Å². The second-order valence-corrected chi connectivity index (χ2v) is 7.08. The van der Waals surface area contributed by atoms with E-state index >= 15 is 0 Å². The van der Waals surface area contributed by atoms with Gasteiger partial charge in [-0.05, 0) is 48.2 Å². The lowest BCUT2D eigenvalue weighted by Gasteiger charge is -2.38. The number of nitrogens with zero attached hydrogens (tertiary/aromatic N) is 1. The molecule has 1 aromatic carbocycles. The van der Waals surface area contributed by atoms with Gasteiger partial charge in [0.05, 0.1) is 17.7 Å². The van der Waals surface area contributed by atoms with E-state index in [1.54, 1.807) is 4.57 Å². The maximum atomic E-state index is 13.1. The zero-order chi connectivity index (χ0) is 18.5. The van der Waals surface area contributed by atoms with Gasteiger partial charge in [-0.2, -0.15) is 13.2 Å². The predicted molar refractivity (Wildman–Crippen MR) is 90.8 cm³/mol. The number of aromatic nitrogens is 1. The first-order valence-corrected chi connectivity index (χ1v) is 8.64. The summed E-state index contributed by atoms with van der Waals surface area (Å²) >= 11 is 0. The van der Waals surface area contributed by atoms with Gasteiger partial charge in [-0.15, -0.1) is 0 Å². The summed E-state index contributed by atoms with van der Waals surface area (Å²) in [6.07, 6.45) is -3.41. The fourth-order valence-electron chi connectivity index (χ4n) is 4.16. The SMILES string of the molecule is O=c1c(-c2ccc(C(F)(F)F)cc2)c(CO)cc2n1CC1CNCC2C1. The van der Waals surface area contributed by atoms with Crippen LogP contribution < -0.4 is 10.9 Å². The van der Waals surface area contributed by atoms with Crippen molar-refractivity contribution in [2.24, 2.45) is 5.92 Å². The van der Waals surface area contributed by atoms with E-state index < -0.39 is 11.7 Å². The third kappa shape index (κ3) is 2.85. The number of hydrogen-bond donors (Lipinski definition) is 2. The van der Waals surface area contributed by atoms with E-state index in [0.29, 0.717) is 23.6 Å². The Morgan fingerprint density at radius 1 is 1.19 bits per heavy atom. The van der Waals surface area contributed by atoms with Gasteiger partial charge in [0.25, 0.3) is 5.56 Å². The summed E-state index contributed by atoms with van der Waals surface area (Å²) in [5.41, 5.74) is 1.06. The van der Waals surface area contributed by atoms with Crippen LogP contribution in [0.2, 0.25) is 0 Å². The van der Waals surface area contributed by atoms with Gasteiger partial charge < -0.3 is 15.0 Å². The third-order valence-corrected chi connectivity index (χ3v) is 5.39. The molecule has 7 heteroatoms. The van der Waals surface area contributed by atoms with Crippen LogP contribution in [0.3, 0.4) is 0 Å². The summed E-state index contributed by atoms with van der Waals surface area (Å²) in [6, 6.07) is 6.38. The number of rotatable bonds is 2. The fraction of sp³-hybridized carbons (Fsp3) is 0.421. The number of pyridine rings is 1. The molecule has 2 aliphatic heterocycles. The minimum atomic E-state index is -4.42. The van der Waals surface area contributed by atoms with Crippen molar-refractivity contribution in [3.63, 3.8) is 0 Å². The van der Waals surface area contributed by atoms with Crippen LogP contribution in [0, 0.1) is 5.92 Å². The molecule has 0 saturated carbocycles. The molecule has 2 unspecified atom stereocenters. The molecule has 1 saturated heterocycles. The normalized spacial score (nSPS) is 22.2. The molecule has 4 rings (SSSR count). The molecule has 26 heavy (non-hydrogen) atoms. The Kier molecular flexibility index (Phi) is 4.16. The molecule has 2 bridgehead atoms. The molecule has 0 amide bonds. The first kappa shape index (κ1) is 17.3. The standard InChI is InChI=1S/C19H19F3N2O2/c20-19(21,22)15-3-1-12(2-4-15)17-14(10-25)6-16-13-5-11(7-23-8-13)9-24(16)18(17)26/h1-4,6,11,13,23,25H,5,7-10H2. The van der Waals surface area contributed by atoms with Gasteiger partial charge in [0.1, 0.15) is 0 Å². The number of fused-ring (bicyclic) bond motifs is 4. The highest BCUT2D eigenvalue weighted by atomic mass is 19.4. The first-order chi connectivity index (χ1) is 12.4. The highest BCUT2D eigenvalue weighted by Crippen LogP contribution is 2.35. The van der Waals surface area contributed by atoms with Gasteiger partial charge in [0.15, 0.2) is 0 Å². The van der Waals surface area contributed by atoms with E-state index in [4.69, 9.17) is 0 Å². The lowest BCUT2D eigenvalue weighted by molar-refractivity contribution is -0.137. The van der Waals surface area contributed by atoms with Crippen LogP contribution >= 0.6 is 0 Å². The minimum Gasteiger partial charge on any atom is -0.392 e. The third-order valence-electron chi connectivity index (χ3n) is 5.39. The van der Waals surface area contributed by atoms with Crippen molar-refractivity contribution >= 4 is 0 Å². The predicted octanol–water partition coefficient (Wildman–Crippen LogP) is 2.73. The molecule has 0 aliphatic carbocycles. The molecule has 0 spiro atoms. The fourth-order valence-corrected chi connectivity index (χ4v) is 4.16. The monoisotopic (exact) mass is 364 g/mol. The maximum Gasteiger partial charge on any atom is 0.416 e. The summed E-state index contributed by atoms with van der Waals surface area (Å²) in [6.45, 7) is 1.92. The summed E-state index contributed by atoms with van der Waals surface area (Å²) in [7, 11) is 0. The molecule has 2 N–H and O–H groups in total. The minimum absolute atomic E-state index is 0.224. The molecular formula is C19H19F3N2O2. The first-order valence-electron chi connectivity index (χ1n) is 8.64. The van der Waals surface area contributed by atoms with Gasteiger partial charge in [-0.25, -0.2) is 0 Å².